The van der Waals surface area contributed by atoms with E-state index in [1.54, 1.807) is 0 Å². The van der Waals surface area contributed by atoms with E-state index in [2.05, 4.69) is 11.9 Å². The first-order chi connectivity index (χ1) is 8.45. The zero-order chi connectivity index (χ0) is 13.9. The zero-order valence-corrected chi connectivity index (χ0v) is 11.4. The van der Waals surface area contributed by atoms with E-state index in [0.29, 0.717) is 13.2 Å². The monoisotopic (exact) mass is 279 g/mol. The number of unbranched alkanes of at least 4 members (excludes halogenated alkanes) is 3. The van der Waals surface area contributed by atoms with Gasteiger partial charge in [-0.2, -0.15) is 0 Å². The van der Waals surface area contributed by atoms with Gasteiger partial charge in [0.05, 0.1) is 12.8 Å². The van der Waals surface area contributed by atoms with Crippen molar-refractivity contribution in [3.05, 3.63) is 12.7 Å². The molecule has 0 aliphatic heterocycles. The molecule has 0 fully saturated rings. The Labute approximate surface area is 108 Å². The molecule has 0 aromatic heterocycles. The van der Waals surface area contributed by atoms with Crippen molar-refractivity contribution in [2.24, 2.45) is 0 Å². The molecule has 0 rings (SSSR count). The molecule has 0 unspecified atom stereocenters. The molecule has 18 heavy (non-hydrogen) atoms. The first kappa shape index (κ1) is 17.3. The molecule has 0 aromatic carbocycles. The van der Waals surface area contributed by atoms with Crippen LogP contribution in [-0.2, 0) is 14.1 Å². The molecule has 3 N–H and O–H groups in total. The summed E-state index contributed by atoms with van der Waals surface area (Å²) in [5, 5.41) is 2.69. The van der Waals surface area contributed by atoms with Crippen molar-refractivity contribution in [1.82, 2.24) is 5.32 Å². The first-order valence-electron chi connectivity index (χ1n) is 5.98. The summed E-state index contributed by atoms with van der Waals surface area (Å²) < 4.78 is 15.6. The molecule has 0 saturated heterocycles. The van der Waals surface area contributed by atoms with E-state index in [4.69, 9.17) is 14.5 Å². The molecular formula is C11H22NO5P. The smallest absolute Gasteiger partial charge is 0.327 e. The summed E-state index contributed by atoms with van der Waals surface area (Å²) in [5.41, 5.74) is 0. The van der Waals surface area contributed by atoms with Crippen molar-refractivity contribution in [2.45, 2.75) is 25.7 Å². The quantitative estimate of drug-likeness (QED) is 0.298. The predicted molar refractivity (Wildman–Crippen MR) is 69.4 cm³/mol. The Balaban J connectivity index is 3.15. The van der Waals surface area contributed by atoms with Gasteiger partial charge in [-0.05, 0) is 18.9 Å². The number of nitrogens with one attached hydrogen (secondary N) is 1. The van der Waals surface area contributed by atoms with Crippen LogP contribution in [0.1, 0.15) is 25.7 Å². The van der Waals surface area contributed by atoms with Gasteiger partial charge in [-0.15, -0.1) is 0 Å². The molecule has 0 atom stereocenters. The van der Waals surface area contributed by atoms with E-state index in [-0.39, 0.29) is 18.7 Å². The Morgan fingerprint density at radius 2 is 1.89 bits per heavy atom. The second-order valence-corrected chi connectivity index (χ2v) is 5.69. The minimum atomic E-state index is -3.92. The number of carbonyl (C=O) groups is 1. The molecule has 0 bridgehead atoms. The summed E-state index contributed by atoms with van der Waals surface area (Å²) in [4.78, 5) is 27.9. The summed E-state index contributed by atoms with van der Waals surface area (Å²) in [6.07, 6.45) is 4.74. The van der Waals surface area contributed by atoms with E-state index in [1.165, 1.54) is 6.08 Å². The Bertz CT molecular complexity index is 289. The minimum absolute atomic E-state index is 0.0969. The lowest BCUT2D eigenvalue weighted by Crippen LogP contribution is -2.21. The fraction of sp³-hybridized carbons (Fsp3) is 0.727. The molecule has 0 saturated carbocycles. The topological polar surface area (TPSA) is 95.9 Å². The second-order valence-electron chi connectivity index (χ2n) is 3.91. The van der Waals surface area contributed by atoms with E-state index >= 15 is 0 Å². The van der Waals surface area contributed by atoms with E-state index in [9.17, 15) is 9.36 Å². The maximum Gasteiger partial charge on any atom is 0.327 e. The van der Waals surface area contributed by atoms with Crippen LogP contribution in [0.5, 0.6) is 0 Å². The lowest BCUT2D eigenvalue weighted by molar-refractivity contribution is -0.116. The maximum atomic E-state index is 10.8. The van der Waals surface area contributed by atoms with Gasteiger partial charge in [0.15, 0.2) is 0 Å². The highest BCUT2D eigenvalue weighted by molar-refractivity contribution is 7.51. The van der Waals surface area contributed by atoms with Crippen molar-refractivity contribution >= 4 is 13.5 Å². The molecule has 0 aliphatic rings. The van der Waals surface area contributed by atoms with Crippen LogP contribution in [0.25, 0.3) is 0 Å². The third-order valence-corrected chi connectivity index (χ3v) is 2.99. The number of hydrogen-bond donors (Lipinski definition) is 3. The Morgan fingerprint density at radius 1 is 1.22 bits per heavy atom. The summed E-state index contributed by atoms with van der Waals surface area (Å²) >= 11 is 0. The average Bonchev–Trinajstić information content (AvgIpc) is 2.29. The maximum absolute atomic E-state index is 10.8. The third kappa shape index (κ3) is 13.4. The van der Waals surface area contributed by atoms with E-state index < -0.39 is 7.60 Å². The van der Waals surface area contributed by atoms with Gasteiger partial charge < -0.3 is 19.8 Å². The number of ether oxygens (including phenoxy) is 1. The highest BCUT2D eigenvalue weighted by Crippen LogP contribution is 2.33. The first-order valence-corrected chi connectivity index (χ1v) is 7.78. The fourth-order valence-corrected chi connectivity index (χ4v) is 1.62. The van der Waals surface area contributed by atoms with Gasteiger partial charge in [-0.25, -0.2) is 0 Å². The van der Waals surface area contributed by atoms with Crippen molar-refractivity contribution in [1.29, 1.82) is 0 Å². The molecule has 0 spiro atoms. The molecule has 106 valence electrons. The highest BCUT2D eigenvalue weighted by Gasteiger charge is 2.11. The Hall–Kier alpha value is -0.680. The molecule has 7 heteroatoms. The molecule has 1 amide bonds. The van der Waals surface area contributed by atoms with Crippen molar-refractivity contribution in [2.75, 3.05) is 25.9 Å². The molecule has 6 nitrogen and oxygen atoms in total. The predicted octanol–water partition coefficient (Wildman–Crippen LogP) is 1.04. The molecule has 0 radical (unpaired) electrons. The van der Waals surface area contributed by atoms with E-state index in [1.807, 2.05) is 0 Å². The summed E-state index contributed by atoms with van der Waals surface area (Å²) in [6.45, 7) is 4.60. The SMILES string of the molecule is C=CC(=O)NCCCCCCOCCP(=O)(O)O. The molecule has 0 aromatic rings. The van der Waals surface area contributed by atoms with Crippen molar-refractivity contribution in [3.8, 4) is 0 Å². The van der Waals surface area contributed by atoms with Gasteiger partial charge in [-0.3, -0.25) is 9.36 Å². The van der Waals surface area contributed by atoms with Crippen LogP contribution in [0.4, 0.5) is 0 Å². The molecule has 0 heterocycles. The summed E-state index contributed by atoms with van der Waals surface area (Å²) in [5.74, 6) is -0.157. The van der Waals surface area contributed by atoms with Gasteiger partial charge in [0.2, 0.25) is 5.91 Å². The molecular weight excluding hydrogens is 257 g/mol. The van der Waals surface area contributed by atoms with Gasteiger partial charge >= 0.3 is 7.60 Å². The largest absolute Gasteiger partial charge is 0.381 e. The Morgan fingerprint density at radius 3 is 2.50 bits per heavy atom. The van der Waals surface area contributed by atoms with Gasteiger partial charge in [0.1, 0.15) is 0 Å². The van der Waals surface area contributed by atoms with Crippen molar-refractivity contribution in [3.63, 3.8) is 0 Å². The zero-order valence-electron chi connectivity index (χ0n) is 10.5. The fourth-order valence-electron chi connectivity index (χ4n) is 1.25. The van der Waals surface area contributed by atoms with Crippen LogP contribution >= 0.6 is 7.60 Å². The number of carbonyl (C=O) groups excluding carboxylic acids is 1. The van der Waals surface area contributed by atoms with Crippen LogP contribution in [0.15, 0.2) is 12.7 Å². The molecule has 0 aliphatic carbocycles. The van der Waals surface area contributed by atoms with Crippen LogP contribution in [0.2, 0.25) is 0 Å². The number of amides is 1. The summed E-state index contributed by atoms with van der Waals surface area (Å²) in [7, 11) is -3.92. The summed E-state index contributed by atoms with van der Waals surface area (Å²) in [6, 6.07) is 0. The standard InChI is InChI=1S/C11H22NO5P/c1-2-11(13)12-7-5-3-4-6-8-17-9-10-18(14,15)16/h2H,1,3-10H2,(H,12,13)(H2,14,15,16). The number of rotatable bonds is 11. The van der Waals surface area contributed by atoms with Crippen LogP contribution in [-0.4, -0.2) is 41.6 Å². The third-order valence-electron chi connectivity index (χ3n) is 2.23. The van der Waals surface area contributed by atoms with Crippen molar-refractivity contribution < 1.29 is 23.9 Å². The average molecular weight is 279 g/mol. The lowest BCUT2D eigenvalue weighted by Gasteiger charge is -2.05. The second kappa shape index (κ2) is 10.3. The van der Waals surface area contributed by atoms with Crippen LogP contribution in [0.3, 0.4) is 0 Å². The van der Waals surface area contributed by atoms with E-state index in [0.717, 1.165) is 25.7 Å². The van der Waals surface area contributed by atoms with Crippen LogP contribution in [0, 0.1) is 0 Å². The Kier molecular flexibility index (Phi) is 9.87. The van der Waals surface area contributed by atoms with Gasteiger partial charge in [-0.1, -0.05) is 19.4 Å². The number of hydrogen-bond acceptors (Lipinski definition) is 3. The normalized spacial score (nSPS) is 11.2. The van der Waals surface area contributed by atoms with Gasteiger partial charge in [0.25, 0.3) is 0 Å². The van der Waals surface area contributed by atoms with Crippen LogP contribution < -0.4 is 5.32 Å². The van der Waals surface area contributed by atoms with Gasteiger partial charge in [0, 0.05) is 13.2 Å². The lowest BCUT2D eigenvalue weighted by atomic mass is 10.2. The highest BCUT2D eigenvalue weighted by atomic mass is 31.2. The minimum Gasteiger partial charge on any atom is -0.381 e.